The summed E-state index contributed by atoms with van der Waals surface area (Å²) in [6.07, 6.45) is 79.8. The number of amides is 1. The van der Waals surface area contributed by atoms with Crippen LogP contribution in [0.1, 0.15) is 284 Å². The predicted molar refractivity (Wildman–Crippen MR) is 346 cm³/mol. The Hall–Kier alpha value is -3.07. The molecule has 0 radical (unpaired) electrons. The molecule has 0 heterocycles. The van der Waals surface area contributed by atoms with Gasteiger partial charge in [0.05, 0.1) is 33.8 Å². The summed E-state index contributed by atoms with van der Waals surface area (Å²) in [6, 6.07) is -0.858. The van der Waals surface area contributed by atoms with Crippen LogP contribution in [0.15, 0.2) is 97.2 Å². The molecule has 1 amide bonds. The van der Waals surface area contributed by atoms with Crippen molar-refractivity contribution in [2.75, 3.05) is 40.9 Å². The Kier molecular flexibility index (Phi) is 56.8. The highest BCUT2D eigenvalue weighted by atomic mass is 31.2. The Bertz CT molecular complexity index is 1690. The van der Waals surface area contributed by atoms with E-state index in [1.165, 1.54) is 135 Å². The highest BCUT2D eigenvalue weighted by Crippen LogP contribution is 2.43. The molecule has 462 valence electrons. The van der Waals surface area contributed by atoms with E-state index < -0.39 is 20.0 Å². The van der Waals surface area contributed by atoms with Crippen LogP contribution in [0, 0.1) is 0 Å². The molecule has 3 unspecified atom stereocenters. The number of likely N-dealkylation sites (N-methyl/N-ethyl adjacent to an activating group) is 1. The van der Waals surface area contributed by atoms with Gasteiger partial charge in [0.1, 0.15) is 19.3 Å². The summed E-state index contributed by atoms with van der Waals surface area (Å²) >= 11 is 0. The number of allylic oxidation sites excluding steroid dienone is 15. The number of unbranched alkanes of at least 4 members (excludes halogenated alkanes) is 29. The second-order valence-corrected chi connectivity index (χ2v) is 24.7. The van der Waals surface area contributed by atoms with E-state index in [1.54, 1.807) is 0 Å². The summed E-state index contributed by atoms with van der Waals surface area (Å²) < 4.78 is 30.7. The topological polar surface area (TPSA) is 111 Å². The first kappa shape index (κ1) is 76.9. The van der Waals surface area contributed by atoms with Crippen LogP contribution in [0.3, 0.4) is 0 Å². The number of carbonyl (C=O) groups excluding carboxylic acids is 2. The van der Waals surface area contributed by atoms with Crippen molar-refractivity contribution in [3.05, 3.63) is 97.2 Å². The molecule has 0 aromatic heterocycles. The number of nitrogens with one attached hydrogen (secondary N) is 1. The van der Waals surface area contributed by atoms with Crippen molar-refractivity contribution in [1.82, 2.24) is 5.32 Å². The number of phosphoric acid groups is 1. The molecule has 0 spiro atoms. The Balaban J connectivity index is 5.10. The van der Waals surface area contributed by atoms with Gasteiger partial charge in [0.15, 0.2) is 0 Å². The number of hydrogen-bond donors (Lipinski definition) is 2. The molecular weight excluding hydrogens is 1010 g/mol. The van der Waals surface area contributed by atoms with Crippen LogP contribution < -0.4 is 5.32 Å². The average Bonchev–Trinajstić information content (AvgIpc) is 3.42. The van der Waals surface area contributed by atoms with Crippen molar-refractivity contribution in [3.63, 3.8) is 0 Å². The third-order valence-electron chi connectivity index (χ3n) is 14.3. The summed E-state index contributed by atoms with van der Waals surface area (Å²) in [4.78, 5) is 37.8. The number of nitrogens with zero attached hydrogens (tertiary/aromatic N) is 1. The van der Waals surface area contributed by atoms with Gasteiger partial charge in [-0.15, -0.1) is 0 Å². The molecule has 9 nitrogen and oxygen atoms in total. The average molecular weight is 1140 g/mol. The highest BCUT2D eigenvalue weighted by molar-refractivity contribution is 7.47. The van der Waals surface area contributed by atoms with Crippen molar-refractivity contribution in [2.24, 2.45) is 0 Å². The SMILES string of the molecule is CC/C=C\C/C=C\C/C=C\C/C=C\C/C=C\CCCCCCCCCCCCCC(=O)OC(/C=C\CCCCCCCCCCCCC)C(COP(=O)(O)OCC[N+](C)(C)C)NC(=O)CCCCCCCCC/C=C/C/C=C/CC. The first-order valence-electron chi connectivity index (χ1n) is 33.1. The summed E-state index contributed by atoms with van der Waals surface area (Å²) in [5.74, 6) is -0.517. The maximum absolute atomic E-state index is 13.5. The van der Waals surface area contributed by atoms with Gasteiger partial charge in [-0.1, -0.05) is 266 Å². The van der Waals surface area contributed by atoms with Crippen molar-refractivity contribution < 1.29 is 37.3 Å². The fraction of sp³-hybridized carbons (Fsp3) is 0.743. The van der Waals surface area contributed by atoms with E-state index in [1.807, 2.05) is 33.3 Å². The monoisotopic (exact) mass is 1140 g/mol. The van der Waals surface area contributed by atoms with Crippen LogP contribution >= 0.6 is 7.82 Å². The smallest absolute Gasteiger partial charge is 0.456 e. The van der Waals surface area contributed by atoms with Crippen molar-refractivity contribution >= 4 is 19.7 Å². The van der Waals surface area contributed by atoms with Crippen LogP contribution in [0.2, 0.25) is 0 Å². The van der Waals surface area contributed by atoms with E-state index in [4.69, 9.17) is 13.8 Å². The molecule has 2 N–H and O–H groups in total. The summed E-state index contributed by atoms with van der Waals surface area (Å²) in [5.41, 5.74) is 0. The fourth-order valence-electron chi connectivity index (χ4n) is 9.24. The Morgan fingerprint density at radius 2 is 0.800 bits per heavy atom. The quantitative estimate of drug-likeness (QED) is 0.0205. The van der Waals surface area contributed by atoms with Crippen LogP contribution in [0.4, 0.5) is 0 Å². The van der Waals surface area contributed by atoms with Gasteiger partial charge in [-0.25, -0.2) is 4.57 Å². The zero-order valence-corrected chi connectivity index (χ0v) is 53.7. The van der Waals surface area contributed by atoms with Crippen molar-refractivity contribution in [2.45, 2.75) is 296 Å². The first-order chi connectivity index (χ1) is 38.9. The molecule has 3 atom stereocenters. The lowest BCUT2D eigenvalue weighted by atomic mass is 10.0. The first-order valence-corrected chi connectivity index (χ1v) is 34.6. The molecule has 0 aliphatic rings. The number of ether oxygens (including phenoxy) is 1. The molecule has 0 bridgehead atoms. The fourth-order valence-corrected chi connectivity index (χ4v) is 9.98. The Morgan fingerprint density at radius 3 is 1.20 bits per heavy atom. The summed E-state index contributed by atoms with van der Waals surface area (Å²) in [5, 5.41) is 3.05. The van der Waals surface area contributed by atoms with Crippen LogP contribution in [-0.4, -0.2) is 74.3 Å². The maximum Gasteiger partial charge on any atom is 0.472 e. The number of esters is 1. The van der Waals surface area contributed by atoms with E-state index in [-0.39, 0.29) is 31.5 Å². The zero-order chi connectivity index (χ0) is 58.6. The number of carbonyl (C=O) groups is 2. The third-order valence-corrected chi connectivity index (χ3v) is 15.3. The zero-order valence-electron chi connectivity index (χ0n) is 52.8. The molecule has 0 aliphatic heterocycles. The van der Waals surface area contributed by atoms with Crippen molar-refractivity contribution in [3.8, 4) is 0 Å². The van der Waals surface area contributed by atoms with Gasteiger partial charge in [0.2, 0.25) is 5.91 Å². The molecule has 0 rings (SSSR count). The minimum absolute atomic E-state index is 0.0348. The molecule has 0 aliphatic carbocycles. The van der Waals surface area contributed by atoms with E-state index in [2.05, 4.69) is 111 Å². The van der Waals surface area contributed by atoms with Gasteiger partial charge in [0, 0.05) is 12.8 Å². The van der Waals surface area contributed by atoms with E-state index in [0.717, 1.165) is 116 Å². The molecule has 0 aromatic carbocycles. The summed E-state index contributed by atoms with van der Waals surface area (Å²) in [6.45, 7) is 6.80. The van der Waals surface area contributed by atoms with Crippen molar-refractivity contribution in [1.29, 1.82) is 0 Å². The Morgan fingerprint density at radius 1 is 0.450 bits per heavy atom. The number of hydrogen-bond acceptors (Lipinski definition) is 6. The normalized spacial score (nSPS) is 14.2. The number of phosphoric ester groups is 1. The molecule has 80 heavy (non-hydrogen) atoms. The highest BCUT2D eigenvalue weighted by Gasteiger charge is 2.30. The standard InChI is InChI=1S/C70H125N2O7P/c1-7-10-13-16-19-22-25-28-30-31-32-33-34-35-36-37-38-39-40-41-42-45-48-51-54-57-60-63-70(74)79-68(61-58-55-52-49-46-43-27-24-21-18-15-12-9-3)67(66-78-80(75,76)77-65-64-72(4,5)6)71-69(73)62-59-56-53-50-47-44-29-26-23-20-17-14-11-8-2/h10-11,13-14,19-20,22-23,28,30,32-33,35-36,58,61,67-68H,7-9,12,15-18,21,24-27,29,31,34,37-57,59-60,62-66H2,1-6H3,(H-,71,73,75,76)/p+1/b13-10-,14-11+,22-19-,23-20+,30-28-,33-32-,36-35-,61-58-. The van der Waals surface area contributed by atoms with Crippen LogP contribution in [0.25, 0.3) is 0 Å². The van der Waals surface area contributed by atoms with Gasteiger partial charge >= 0.3 is 13.8 Å². The minimum atomic E-state index is -4.46. The molecule has 0 fully saturated rings. The van der Waals surface area contributed by atoms with Gasteiger partial charge in [-0.3, -0.25) is 18.6 Å². The molecular formula is C70H126N2O7P+. The lowest BCUT2D eigenvalue weighted by Gasteiger charge is -2.27. The number of rotatable bonds is 59. The lowest BCUT2D eigenvalue weighted by molar-refractivity contribution is -0.870. The predicted octanol–water partition coefficient (Wildman–Crippen LogP) is 20.7. The second-order valence-electron chi connectivity index (χ2n) is 23.2. The second kappa shape index (κ2) is 59.1. The maximum atomic E-state index is 13.5. The largest absolute Gasteiger partial charge is 0.472 e. The Labute approximate surface area is 494 Å². The minimum Gasteiger partial charge on any atom is -0.456 e. The molecule has 0 aromatic rings. The molecule has 10 heteroatoms. The third kappa shape index (κ3) is 59.5. The molecule has 0 saturated carbocycles. The van der Waals surface area contributed by atoms with Gasteiger partial charge < -0.3 is 19.4 Å². The lowest BCUT2D eigenvalue weighted by Crippen LogP contribution is -2.47. The van der Waals surface area contributed by atoms with E-state index >= 15 is 0 Å². The van der Waals surface area contributed by atoms with E-state index in [9.17, 15) is 19.0 Å². The van der Waals surface area contributed by atoms with Crippen LogP contribution in [-0.2, 0) is 27.9 Å². The van der Waals surface area contributed by atoms with Gasteiger partial charge in [-0.2, -0.15) is 0 Å². The van der Waals surface area contributed by atoms with E-state index in [0.29, 0.717) is 17.4 Å². The van der Waals surface area contributed by atoms with Gasteiger partial charge in [-0.05, 0) is 102 Å². The summed E-state index contributed by atoms with van der Waals surface area (Å²) in [7, 11) is 1.48. The van der Waals surface area contributed by atoms with Gasteiger partial charge in [0.25, 0.3) is 0 Å². The number of quaternary nitrogens is 1. The molecule has 0 saturated heterocycles. The van der Waals surface area contributed by atoms with Crippen LogP contribution in [0.5, 0.6) is 0 Å².